The molecule has 0 spiro atoms. The summed E-state index contributed by atoms with van der Waals surface area (Å²) in [7, 11) is 2.14. The average molecular weight is 259 g/mol. The monoisotopic (exact) mass is 259 g/mol. The number of hydrogen-bond donors (Lipinski definition) is 0. The van der Waals surface area contributed by atoms with Crippen LogP contribution in [0.1, 0.15) is 46.5 Å². The summed E-state index contributed by atoms with van der Waals surface area (Å²) in [5.41, 5.74) is 0. The van der Waals surface area contributed by atoms with Crippen molar-refractivity contribution in [2.45, 2.75) is 46.5 Å². The lowest BCUT2D eigenvalue weighted by Gasteiger charge is -2.15. The van der Waals surface area contributed by atoms with Crippen molar-refractivity contribution in [1.29, 1.82) is 0 Å². The first kappa shape index (κ1) is 17.9. The van der Waals surface area contributed by atoms with Gasteiger partial charge < -0.3 is 14.4 Å². The van der Waals surface area contributed by atoms with Gasteiger partial charge in [0.15, 0.2) is 0 Å². The van der Waals surface area contributed by atoms with Crippen LogP contribution in [0.25, 0.3) is 0 Å². The topological polar surface area (TPSA) is 21.7 Å². The van der Waals surface area contributed by atoms with Gasteiger partial charge in [-0.3, -0.25) is 0 Å². The van der Waals surface area contributed by atoms with Gasteiger partial charge in [-0.25, -0.2) is 0 Å². The molecule has 0 aromatic heterocycles. The smallest absolute Gasteiger partial charge is 0.0701 e. The maximum atomic E-state index is 5.54. The second-order valence-electron chi connectivity index (χ2n) is 5.18. The van der Waals surface area contributed by atoms with Crippen LogP contribution >= 0.6 is 0 Å². The van der Waals surface area contributed by atoms with Gasteiger partial charge in [-0.05, 0) is 38.8 Å². The van der Waals surface area contributed by atoms with Gasteiger partial charge >= 0.3 is 0 Å². The van der Waals surface area contributed by atoms with E-state index in [-0.39, 0.29) is 0 Å². The molecule has 0 fully saturated rings. The Morgan fingerprint density at radius 3 is 2.22 bits per heavy atom. The van der Waals surface area contributed by atoms with Crippen LogP contribution in [0.15, 0.2) is 0 Å². The summed E-state index contributed by atoms with van der Waals surface area (Å²) >= 11 is 0. The first-order valence-electron chi connectivity index (χ1n) is 7.54. The minimum Gasteiger partial charge on any atom is -0.379 e. The highest BCUT2D eigenvalue weighted by molar-refractivity contribution is 4.50. The predicted molar refractivity (Wildman–Crippen MR) is 78.1 cm³/mol. The molecule has 3 nitrogen and oxygen atoms in total. The van der Waals surface area contributed by atoms with Gasteiger partial charge in [0, 0.05) is 13.2 Å². The van der Waals surface area contributed by atoms with Crippen LogP contribution in [0.4, 0.5) is 0 Å². The van der Waals surface area contributed by atoms with Crippen molar-refractivity contribution in [3.05, 3.63) is 0 Å². The molecule has 3 heteroatoms. The van der Waals surface area contributed by atoms with E-state index in [1.54, 1.807) is 0 Å². The lowest BCUT2D eigenvalue weighted by molar-refractivity contribution is 0.0390. The normalized spacial score (nSPS) is 13.2. The minimum absolute atomic E-state index is 0.725. The zero-order valence-corrected chi connectivity index (χ0v) is 12.9. The second kappa shape index (κ2) is 13.3. The standard InChI is InChI=1S/C15H33NO2/c1-5-9-16(4)10-12-18-14-13-17-11-7-8-15(3)6-2/h15H,5-14H2,1-4H3. The fraction of sp³-hybridized carbons (Fsp3) is 1.00. The third kappa shape index (κ3) is 12.3. The summed E-state index contributed by atoms with van der Waals surface area (Å²) in [6.07, 6.45) is 4.93. The molecule has 0 aliphatic carbocycles. The fourth-order valence-corrected chi connectivity index (χ4v) is 1.77. The van der Waals surface area contributed by atoms with Gasteiger partial charge in [-0.2, -0.15) is 0 Å². The van der Waals surface area contributed by atoms with Gasteiger partial charge in [0.2, 0.25) is 0 Å². The van der Waals surface area contributed by atoms with E-state index in [0.717, 1.165) is 45.4 Å². The van der Waals surface area contributed by atoms with E-state index < -0.39 is 0 Å². The van der Waals surface area contributed by atoms with E-state index in [9.17, 15) is 0 Å². The third-order valence-electron chi connectivity index (χ3n) is 3.28. The van der Waals surface area contributed by atoms with Crippen LogP contribution in [0.2, 0.25) is 0 Å². The Morgan fingerprint density at radius 2 is 1.61 bits per heavy atom. The van der Waals surface area contributed by atoms with Crippen molar-refractivity contribution >= 4 is 0 Å². The fourth-order valence-electron chi connectivity index (χ4n) is 1.77. The van der Waals surface area contributed by atoms with Crippen molar-refractivity contribution in [2.75, 3.05) is 46.6 Å². The summed E-state index contributed by atoms with van der Waals surface area (Å²) in [5, 5.41) is 0. The molecule has 0 aromatic carbocycles. The molecule has 0 radical (unpaired) electrons. The SMILES string of the molecule is CCCN(C)CCOCCOCCCC(C)CC. The van der Waals surface area contributed by atoms with E-state index in [1.807, 2.05) is 0 Å². The summed E-state index contributed by atoms with van der Waals surface area (Å²) in [5.74, 6) is 0.832. The first-order valence-corrected chi connectivity index (χ1v) is 7.54. The Balaban J connectivity index is 3.07. The summed E-state index contributed by atoms with van der Waals surface area (Å²) in [4.78, 5) is 2.30. The Kier molecular flexibility index (Phi) is 13.2. The van der Waals surface area contributed by atoms with E-state index in [4.69, 9.17) is 9.47 Å². The molecule has 18 heavy (non-hydrogen) atoms. The van der Waals surface area contributed by atoms with Gasteiger partial charge in [-0.15, -0.1) is 0 Å². The number of rotatable bonds is 13. The van der Waals surface area contributed by atoms with Crippen molar-refractivity contribution in [1.82, 2.24) is 4.90 Å². The van der Waals surface area contributed by atoms with Gasteiger partial charge in [0.1, 0.15) is 0 Å². The molecular formula is C15H33NO2. The molecule has 0 rings (SSSR count). The van der Waals surface area contributed by atoms with Crippen molar-refractivity contribution in [2.24, 2.45) is 5.92 Å². The second-order valence-corrected chi connectivity index (χ2v) is 5.18. The largest absolute Gasteiger partial charge is 0.379 e. The summed E-state index contributed by atoms with van der Waals surface area (Å²) in [6, 6.07) is 0. The van der Waals surface area contributed by atoms with Crippen LogP contribution in [-0.4, -0.2) is 51.5 Å². The quantitative estimate of drug-likeness (QED) is 0.474. The van der Waals surface area contributed by atoms with Crippen LogP contribution in [0.5, 0.6) is 0 Å². The summed E-state index contributed by atoms with van der Waals surface area (Å²) in [6.45, 7) is 12.1. The molecule has 0 bridgehead atoms. The third-order valence-corrected chi connectivity index (χ3v) is 3.28. The minimum atomic E-state index is 0.725. The number of nitrogens with zero attached hydrogens (tertiary/aromatic N) is 1. The van der Waals surface area contributed by atoms with Crippen molar-refractivity contribution in [3.63, 3.8) is 0 Å². The van der Waals surface area contributed by atoms with Crippen molar-refractivity contribution in [3.8, 4) is 0 Å². The van der Waals surface area contributed by atoms with Crippen molar-refractivity contribution < 1.29 is 9.47 Å². The zero-order chi connectivity index (χ0) is 13.6. The molecule has 0 N–H and O–H groups in total. The molecule has 0 aliphatic rings. The number of hydrogen-bond acceptors (Lipinski definition) is 3. The van der Waals surface area contributed by atoms with Gasteiger partial charge in [0.25, 0.3) is 0 Å². The van der Waals surface area contributed by atoms with Gasteiger partial charge in [0.05, 0.1) is 19.8 Å². The molecular weight excluding hydrogens is 226 g/mol. The molecule has 0 saturated carbocycles. The highest BCUT2D eigenvalue weighted by Crippen LogP contribution is 2.08. The van der Waals surface area contributed by atoms with Crippen LogP contribution in [-0.2, 0) is 9.47 Å². The Labute approximate surface area is 114 Å². The maximum absolute atomic E-state index is 5.54. The van der Waals surface area contributed by atoms with E-state index >= 15 is 0 Å². The van der Waals surface area contributed by atoms with Crippen LogP contribution < -0.4 is 0 Å². The molecule has 0 heterocycles. The molecule has 110 valence electrons. The first-order chi connectivity index (χ1) is 8.70. The summed E-state index contributed by atoms with van der Waals surface area (Å²) < 4.78 is 11.1. The molecule has 0 saturated heterocycles. The number of ether oxygens (including phenoxy) is 2. The Hall–Kier alpha value is -0.120. The highest BCUT2D eigenvalue weighted by Gasteiger charge is 1.98. The lowest BCUT2D eigenvalue weighted by Crippen LogP contribution is -2.24. The molecule has 0 aliphatic heterocycles. The Bertz CT molecular complexity index is 165. The lowest BCUT2D eigenvalue weighted by atomic mass is 10.0. The van der Waals surface area contributed by atoms with E-state index in [1.165, 1.54) is 25.7 Å². The average Bonchev–Trinajstić information content (AvgIpc) is 2.36. The Morgan fingerprint density at radius 1 is 0.944 bits per heavy atom. The van der Waals surface area contributed by atoms with E-state index in [2.05, 4.69) is 32.7 Å². The zero-order valence-electron chi connectivity index (χ0n) is 12.9. The highest BCUT2D eigenvalue weighted by atomic mass is 16.5. The van der Waals surface area contributed by atoms with Crippen LogP contribution in [0.3, 0.4) is 0 Å². The van der Waals surface area contributed by atoms with E-state index in [0.29, 0.717) is 0 Å². The molecule has 1 unspecified atom stereocenters. The molecule has 0 amide bonds. The predicted octanol–water partition coefficient (Wildman–Crippen LogP) is 3.19. The van der Waals surface area contributed by atoms with Crippen LogP contribution in [0, 0.1) is 5.92 Å². The number of likely N-dealkylation sites (N-methyl/N-ethyl adjacent to an activating group) is 1. The molecule has 1 atom stereocenters. The maximum Gasteiger partial charge on any atom is 0.0701 e. The van der Waals surface area contributed by atoms with Gasteiger partial charge in [-0.1, -0.05) is 27.2 Å². The molecule has 0 aromatic rings.